The second-order valence-electron chi connectivity index (χ2n) is 3.92. The Labute approximate surface area is 106 Å². The van der Waals surface area contributed by atoms with E-state index in [9.17, 15) is 10.1 Å². The van der Waals surface area contributed by atoms with Crippen LogP contribution in [0.2, 0.25) is 0 Å². The number of hydrogen-bond donors (Lipinski definition) is 2. The van der Waals surface area contributed by atoms with E-state index in [1.807, 2.05) is 0 Å². The third-order valence-corrected chi connectivity index (χ3v) is 2.44. The Kier molecular flexibility index (Phi) is 5.93. The lowest BCUT2D eigenvalue weighted by Crippen LogP contribution is -2.10. The molecule has 1 rings (SSSR count). The molecule has 3 N–H and O–H groups in total. The first-order valence-corrected chi connectivity index (χ1v) is 6.00. The molecule has 0 saturated carbocycles. The molecule has 0 aliphatic heterocycles. The lowest BCUT2D eigenvalue weighted by atomic mass is 10.2. The van der Waals surface area contributed by atoms with Crippen molar-refractivity contribution in [1.82, 2.24) is 0 Å². The van der Waals surface area contributed by atoms with Crippen molar-refractivity contribution in [2.75, 3.05) is 30.8 Å². The molecule has 0 aliphatic carbocycles. The fourth-order valence-electron chi connectivity index (χ4n) is 1.45. The number of ether oxygens (including phenoxy) is 1. The van der Waals surface area contributed by atoms with Gasteiger partial charge in [0.05, 0.1) is 11.5 Å². The van der Waals surface area contributed by atoms with Crippen LogP contribution in [0.15, 0.2) is 18.2 Å². The summed E-state index contributed by atoms with van der Waals surface area (Å²) in [5.41, 5.74) is 6.43. The second kappa shape index (κ2) is 7.50. The first kappa shape index (κ1) is 14.2. The lowest BCUT2D eigenvalue weighted by molar-refractivity contribution is -0.383. The monoisotopic (exact) mass is 253 g/mol. The van der Waals surface area contributed by atoms with Gasteiger partial charge in [0.2, 0.25) is 0 Å². The number of unbranched alkanes of at least 4 members (excludes halogenated alkanes) is 1. The molecule has 0 unspecified atom stereocenters. The highest BCUT2D eigenvalue weighted by molar-refractivity contribution is 5.65. The smallest absolute Gasteiger partial charge is 0.292 e. The number of anilines is 2. The zero-order valence-electron chi connectivity index (χ0n) is 10.5. The number of nitrogen functional groups attached to an aromatic ring is 1. The van der Waals surface area contributed by atoms with Crippen LogP contribution in [0.25, 0.3) is 0 Å². The summed E-state index contributed by atoms with van der Waals surface area (Å²) in [7, 11) is 0. The Hall–Kier alpha value is -1.82. The van der Waals surface area contributed by atoms with Gasteiger partial charge in [0, 0.05) is 24.9 Å². The Morgan fingerprint density at radius 2 is 2.22 bits per heavy atom. The molecule has 100 valence electrons. The van der Waals surface area contributed by atoms with Gasteiger partial charge in [0.1, 0.15) is 5.69 Å². The predicted molar refractivity (Wildman–Crippen MR) is 71.7 cm³/mol. The van der Waals surface area contributed by atoms with E-state index in [0.717, 1.165) is 25.1 Å². The van der Waals surface area contributed by atoms with E-state index in [0.29, 0.717) is 13.2 Å². The van der Waals surface area contributed by atoms with Crippen LogP contribution in [0.4, 0.5) is 17.1 Å². The van der Waals surface area contributed by atoms with Gasteiger partial charge in [-0.15, -0.1) is 0 Å². The standard InChI is InChI=1S/C12H19N3O3/c1-2-3-7-18-8-6-14-10-4-5-12(15(16)17)11(13)9-10/h4-5,9,14H,2-3,6-8,13H2,1H3. The first-order valence-electron chi connectivity index (χ1n) is 6.00. The van der Waals surface area contributed by atoms with Crippen LogP contribution in [0.5, 0.6) is 0 Å². The largest absolute Gasteiger partial charge is 0.393 e. The fourth-order valence-corrected chi connectivity index (χ4v) is 1.45. The van der Waals surface area contributed by atoms with Crippen molar-refractivity contribution in [2.45, 2.75) is 19.8 Å². The molecule has 0 atom stereocenters. The maximum absolute atomic E-state index is 10.6. The summed E-state index contributed by atoms with van der Waals surface area (Å²) in [6.45, 7) is 4.14. The molecule has 0 amide bonds. The molecular formula is C12H19N3O3. The van der Waals surface area contributed by atoms with Crippen molar-refractivity contribution in [2.24, 2.45) is 0 Å². The summed E-state index contributed by atoms with van der Waals surface area (Å²) < 4.78 is 5.39. The molecule has 0 radical (unpaired) electrons. The van der Waals surface area contributed by atoms with Gasteiger partial charge in [0.15, 0.2) is 0 Å². The number of nitro groups is 1. The molecular weight excluding hydrogens is 234 g/mol. The molecule has 18 heavy (non-hydrogen) atoms. The summed E-state index contributed by atoms with van der Waals surface area (Å²) in [6.07, 6.45) is 2.18. The normalized spacial score (nSPS) is 10.3. The lowest BCUT2D eigenvalue weighted by Gasteiger charge is -2.07. The molecule has 0 aromatic heterocycles. The molecule has 0 aliphatic rings. The third-order valence-electron chi connectivity index (χ3n) is 2.44. The minimum Gasteiger partial charge on any atom is -0.393 e. The minimum absolute atomic E-state index is 0.0697. The van der Waals surface area contributed by atoms with E-state index < -0.39 is 4.92 Å². The molecule has 6 heteroatoms. The van der Waals surface area contributed by atoms with Crippen LogP contribution in [0, 0.1) is 10.1 Å². The number of hydrogen-bond acceptors (Lipinski definition) is 5. The van der Waals surface area contributed by atoms with Gasteiger partial charge in [-0.1, -0.05) is 13.3 Å². The fraction of sp³-hybridized carbons (Fsp3) is 0.500. The molecule has 6 nitrogen and oxygen atoms in total. The van der Waals surface area contributed by atoms with E-state index in [2.05, 4.69) is 12.2 Å². The third kappa shape index (κ3) is 4.58. The highest BCUT2D eigenvalue weighted by Crippen LogP contribution is 2.24. The Balaban J connectivity index is 2.35. The molecule has 0 heterocycles. The first-order chi connectivity index (χ1) is 8.65. The molecule has 1 aromatic rings. The van der Waals surface area contributed by atoms with Gasteiger partial charge in [-0.2, -0.15) is 0 Å². The molecule has 0 bridgehead atoms. The van der Waals surface area contributed by atoms with Crippen LogP contribution in [0.1, 0.15) is 19.8 Å². The summed E-state index contributed by atoms with van der Waals surface area (Å²) in [5.74, 6) is 0. The topological polar surface area (TPSA) is 90.4 Å². The summed E-state index contributed by atoms with van der Waals surface area (Å²) in [6, 6.07) is 4.60. The zero-order valence-corrected chi connectivity index (χ0v) is 10.5. The Morgan fingerprint density at radius 3 is 2.83 bits per heavy atom. The van der Waals surface area contributed by atoms with Crippen molar-refractivity contribution in [1.29, 1.82) is 0 Å². The van der Waals surface area contributed by atoms with Gasteiger partial charge >= 0.3 is 0 Å². The summed E-state index contributed by atoms with van der Waals surface area (Å²) in [4.78, 5) is 10.1. The van der Waals surface area contributed by atoms with Gasteiger partial charge in [-0.05, 0) is 18.6 Å². The molecule has 0 fully saturated rings. The van der Waals surface area contributed by atoms with Gasteiger partial charge in [-0.3, -0.25) is 10.1 Å². The highest BCUT2D eigenvalue weighted by Gasteiger charge is 2.10. The van der Waals surface area contributed by atoms with Crippen LogP contribution in [0.3, 0.4) is 0 Å². The number of nitrogens with one attached hydrogen (secondary N) is 1. The van der Waals surface area contributed by atoms with Crippen LogP contribution < -0.4 is 11.1 Å². The van der Waals surface area contributed by atoms with E-state index in [1.54, 1.807) is 12.1 Å². The summed E-state index contributed by atoms with van der Waals surface area (Å²) in [5, 5.41) is 13.7. The van der Waals surface area contributed by atoms with Crippen molar-refractivity contribution >= 4 is 17.1 Å². The van der Waals surface area contributed by atoms with E-state index >= 15 is 0 Å². The second-order valence-corrected chi connectivity index (χ2v) is 3.92. The number of nitro benzene ring substituents is 1. The van der Waals surface area contributed by atoms with E-state index in [-0.39, 0.29) is 11.4 Å². The number of nitrogens with two attached hydrogens (primary N) is 1. The van der Waals surface area contributed by atoms with Gasteiger partial charge < -0.3 is 15.8 Å². The van der Waals surface area contributed by atoms with Crippen LogP contribution in [-0.4, -0.2) is 24.7 Å². The van der Waals surface area contributed by atoms with Gasteiger partial charge in [0.25, 0.3) is 5.69 Å². The van der Waals surface area contributed by atoms with E-state index in [1.165, 1.54) is 6.07 Å². The average molecular weight is 253 g/mol. The Morgan fingerprint density at radius 1 is 1.44 bits per heavy atom. The van der Waals surface area contributed by atoms with Crippen molar-refractivity contribution < 1.29 is 9.66 Å². The number of benzene rings is 1. The SMILES string of the molecule is CCCCOCCNc1ccc([N+](=O)[O-])c(N)c1. The molecule has 0 spiro atoms. The van der Waals surface area contributed by atoms with Crippen LogP contribution >= 0.6 is 0 Å². The predicted octanol–water partition coefficient (Wildman–Crippen LogP) is 2.41. The molecule has 1 aromatic carbocycles. The van der Waals surface area contributed by atoms with Gasteiger partial charge in [-0.25, -0.2) is 0 Å². The van der Waals surface area contributed by atoms with Crippen molar-refractivity contribution in [3.8, 4) is 0 Å². The average Bonchev–Trinajstić information content (AvgIpc) is 2.33. The maximum Gasteiger partial charge on any atom is 0.292 e. The Bertz CT molecular complexity index is 396. The highest BCUT2D eigenvalue weighted by atomic mass is 16.6. The van der Waals surface area contributed by atoms with Crippen LogP contribution in [-0.2, 0) is 4.74 Å². The molecule has 0 saturated heterocycles. The van der Waals surface area contributed by atoms with Crippen molar-refractivity contribution in [3.05, 3.63) is 28.3 Å². The van der Waals surface area contributed by atoms with Crippen molar-refractivity contribution in [3.63, 3.8) is 0 Å². The maximum atomic E-state index is 10.6. The van der Waals surface area contributed by atoms with E-state index in [4.69, 9.17) is 10.5 Å². The number of nitrogens with zero attached hydrogens (tertiary/aromatic N) is 1. The zero-order chi connectivity index (χ0) is 13.4. The summed E-state index contributed by atoms with van der Waals surface area (Å²) >= 11 is 0. The minimum atomic E-state index is -0.493. The quantitative estimate of drug-likeness (QED) is 0.321. The number of rotatable bonds is 8.